The van der Waals surface area contributed by atoms with Gasteiger partial charge in [-0.1, -0.05) is 50.1 Å². The van der Waals surface area contributed by atoms with Gasteiger partial charge in [0.05, 0.1) is 0 Å². The molecule has 5 rings (SSSR count). The smallest absolute Gasteiger partial charge is 0.193 e. The zero-order chi connectivity index (χ0) is 24.0. The average molecular weight is 426 g/mol. The molecule has 0 saturated heterocycles. The highest BCUT2D eigenvalue weighted by Crippen LogP contribution is 2.41. The van der Waals surface area contributed by atoms with Crippen LogP contribution in [-0.4, -0.2) is 10.4 Å². The molecule has 0 spiro atoms. The van der Waals surface area contributed by atoms with Crippen LogP contribution in [0.15, 0.2) is 60.7 Å². The number of rotatable bonds is 6. The third kappa shape index (κ3) is 3.46. The van der Waals surface area contributed by atoms with Crippen molar-refractivity contribution in [2.24, 2.45) is 5.92 Å². The predicted octanol–water partition coefficient (Wildman–Crippen LogP) is 8.04. The van der Waals surface area contributed by atoms with Gasteiger partial charge in [-0.2, -0.15) is 0 Å². The molecule has 1 fully saturated rings. The maximum absolute atomic E-state index is 13.4. The molecule has 2 nitrogen and oxygen atoms in total. The molecule has 2 unspecified atom stereocenters. The SMILES string of the molecule is [2H]C(C)C([2H])(c1ccc2c(c1)c1cc(C(=O)c3ccccc3C)ccc1n2CC)C1CCCC1. The van der Waals surface area contributed by atoms with E-state index in [1.165, 1.54) is 0 Å². The van der Waals surface area contributed by atoms with Crippen LogP contribution in [0.25, 0.3) is 21.8 Å². The number of benzene rings is 3. The van der Waals surface area contributed by atoms with Gasteiger partial charge in [0.2, 0.25) is 0 Å². The van der Waals surface area contributed by atoms with Crippen LogP contribution in [0.2, 0.25) is 0 Å². The number of aryl methyl sites for hydroxylation is 2. The van der Waals surface area contributed by atoms with Crippen molar-refractivity contribution >= 4 is 27.6 Å². The molecule has 2 atom stereocenters. The lowest BCUT2D eigenvalue weighted by Gasteiger charge is -2.22. The summed E-state index contributed by atoms with van der Waals surface area (Å²) in [5.74, 6) is -0.663. The highest BCUT2D eigenvalue weighted by atomic mass is 16.1. The third-order valence-electron chi connectivity index (χ3n) is 7.27. The molecule has 0 amide bonds. The van der Waals surface area contributed by atoms with Crippen molar-refractivity contribution in [3.63, 3.8) is 0 Å². The van der Waals surface area contributed by atoms with Crippen LogP contribution in [0.1, 0.15) is 81.6 Å². The second kappa shape index (κ2) is 8.58. The van der Waals surface area contributed by atoms with Crippen LogP contribution in [0.3, 0.4) is 0 Å². The highest BCUT2D eigenvalue weighted by molar-refractivity contribution is 6.15. The van der Waals surface area contributed by atoms with Gasteiger partial charge in [-0.3, -0.25) is 4.79 Å². The summed E-state index contributed by atoms with van der Waals surface area (Å²) in [5, 5.41) is 2.12. The molecular weight excluding hydrogens is 390 g/mol. The summed E-state index contributed by atoms with van der Waals surface area (Å²) in [6, 6.07) is 20.1. The van der Waals surface area contributed by atoms with Crippen LogP contribution >= 0.6 is 0 Å². The first-order chi connectivity index (χ1) is 16.4. The molecule has 164 valence electrons. The summed E-state index contributed by atoms with van der Waals surface area (Å²) < 4.78 is 20.3. The van der Waals surface area contributed by atoms with Crippen molar-refractivity contribution in [3.8, 4) is 0 Å². The van der Waals surface area contributed by atoms with Crippen molar-refractivity contribution in [2.45, 2.75) is 65.3 Å². The predicted molar refractivity (Wildman–Crippen MR) is 135 cm³/mol. The zero-order valence-corrected chi connectivity index (χ0v) is 19.3. The Morgan fingerprint density at radius 1 is 1.03 bits per heavy atom. The molecule has 1 aromatic heterocycles. The first kappa shape index (κ1) is 18.7. The van der Waals surface area contributed by atoms with E-state index in [4.69, 9.17) is 1.37 Å². The molecule has 1 heterocycles. The van der Waals surface area contributed by atoms with Crippen molar-refractivity contribution in [1.82, 2.24) is 4.57 Å². The molecule has 4 aromatic rings. The maximum atomic E-state index is 13.4. The molecule has 2 heteroatoms. The summed E-state index contributed by atoms with van der Waals surface area (Å²) in [7, 11) is 0. The van der Waals surface area contributed by atoms with Crippen LogP contribution in [0, 0.1) is 12.8 Å². The van der Waals surface area contributed by atoms with Crippen LogP contribution in [0.4, 0.5) is 0 Å². The Kier molecular flexibility index (Phi) is 5.01. The Balaban J connectivity index is 1.70. The van der Waals surface area contributed by atoms with E-state index in [1.807, 2.05) is 50.2 Å². The van der Waals surface area contributed by atoms with E-state index in [2.05, 4.69) is 35.8 Å². The molecule has 32 heavy (non-hydrogen) atoms. The van der Waals surface area contributed by atoms with E-state index < -0.39 is 12.3 Å². The third-order valence-corrected chi connectivity index (χ3v) is 7.27. The fraction of sp³-hybridized carbons (Fsp3) is 0.367. The number of nitrogens with zero attached hydrogens (tertiary/aromatic N) is 1. The number of fused-ring (bicyclic) bond motifs is 3. The van der Waals surface area contributed by atoms with Crippen molar-refractivity contribution in [1.29, 1.82) is 0 Å². The van der Waals surface area contributed by atoms with E-state index in [0.717, 1.165) is 70.7 Å². The minimum atomic E-state index is -0.917. The molecule has 1 saturated carbocycles. The monoisotopic (exact) mass is 425 g/mol. The molecule has 3 aromatic carbocycles. The number of carbonyl (C=O) groups excluding carboxylic acids is 1. The first-order valence-electron chi connectivity index (χ1n) is 13.0. The first-order valence-corrected chi connectivity index (χ1v) is 11.9. The van der Waals surface area contributed by atoms with E-state index in [-0.39, 0.29) is 11.7 Å². The zero-order valence-electron chi connectivity index (χ0n) is 21.3. The molecule has 1 aliphatic rings. The van der Waals surface area contributed by atoms with Crippen molar-refractivity contribution in [2.75, 3.05) is 0 Å². The Hall–Kier alpha value is -2.87. The quantitative estimate of drug-likeness (QED) is 0.286. The lowest BCUT2D eigenvalue weighted by atomic mass is 9.82. The van der Waals surface area contributed by atoms with E-state index in [9.17, 15) is 6.17 Å². The lowest BCUT2D eigenvalue weighted by Crippen LogP contribution is -2.08. The second-order valence-electron chi connectivity index (χ2n) is 9.08. The Morgan fingerprint density at radius 3 is 2.41 bits per heavy atom. The number of aromatic nitrogens is 1. The normalized spacial score (nSPS) is 18.5. The van der Waals surface area contributed by atoms with E-state index in [0.29, 0.717) is 5.56 Å². The molecule has 0 radical (unpaired) electrons. The average Bonchev–Trinajstić information content (AvgIpc) is 3.49. The van der Waals surface area contributed by atoms with Gasteiger partial charge in [0.1, 0.15) is 0 Å². The summed E-state index contributed by atoms with van der Waals surface area (Å²) in [6.07, 6.45) is 3.85. The van der Waals surface area contributed by atoms with E-state index in [1.54, 1.807) is 0 Å². The highest BCUT2D eigenvalue weighted by Gasteiger charge is 2.25. The summed E-state index contributed by atoms with van der Waals surface area (Å²) in [4.78, 5) is 13.4. The summed E-state index contributed by atoms with van der Waals surface area (Å²) in [6.45, 7) is 6.80. The fourth-order valence-corrected chi connectivity index (χ4v) is 5.62. The fourth-order valence-electron chi connectivity index (χ4n) is 5.62. The Morgan fingerprint density at radius 2 is 1.72 bits per heavy atom. The van der Waals surface area contributed by atoms with Gasteiger partial charge in [-0.25, -0.2) is 0 Å². The number of hydrogen-bond acceptors (Lipinski definition) is 1. The summed E-state index contributed by atoms with van der Waals surface area (Å²) in [5.41, 5.74) is 5.55. The number of ketones is 1. The molecular formula is C30H33NO. The van der Waals surface area contributed by atoms with Gasteiger partial charge in [0.25, 0.3) is 0 Å². The number of carbonyl (C=O) groups is 1. The maximum Gasteiger partial charge on any atom is 0.193 e. The van der Waals surface area contributed by atoms with Gasteiger partial charge >= 0.3 is 0 Å². The van der Waals surface area contributed by atoms with Gasteiger partial charge in [0, 0.05) is 42.2 Å². The number of hydrogen-bond donors (Lipinski definition) is 0. The van der Waals surface area contributed by atoms with Gasteiger partial charge < -0.3 is 4.57 Å². The van der Waals surface area contributed by atoms with Crippen molar-refractivity contribution in [3.05, 3.63) is 82.9 Å². The standard InChI is InChI=1S/C30H33NO/c1-4-24(21-11-7-8-12-21)22-14-16-28-26(18-22)27-19-23(15-17-29(27)31(28)5-2)30(32)25-13-9-6-10-20(25)3/h6,9-10,13-19,21,24H,4-5,7-8,11-12H2,1-3H3/i4D,24D. The Bertz CT molecular complexity index is 1380. The lowest BCUT2D eigenvalue weighted by molar-refractivity contribution is 0.103. The minimum absolute atomic E-state index is 0.0362. The topological polar surface area (TPSA) is 22.0 Å². The van der Waals surface area contributed by atoms with Crippen LogP contribution < -0.4 is 0 Å². The largest absolute Gasteiger partial charge is 0.341 e. The van der Waals surface area contributed by atoms with E-state index >= 15 is 0 Å². The molecule has 1 aliphatic carbocycles. The van der Waals surface area contributed by atoms with Crippen molar-refractivity contribution < 1.29 is 7.54 Å². The molecule has 0 bridgehead atoms. The van der Waals surface area contributed by atoms with Crippen LogP contribution in [-0.2, 0) is 6.54 Å². The van der Waals surface area contributed by atoms with Gasteiger partial charge in [-0.05, 0) is 86.4 Å². The van der Waals surface area contributed by atoms with Crippen LogP contribution in [0.5, 0.6) is 0 Å². The molecule has 0 aliphatic heterocycles. The summed E-state index contributed by atoms with van der Waals surface area (Å²) >= 11 is 0. The molecule has 0 N–H and O–H groups in total. The Labute approximate surface area is 194 Å². The van der Waals surface area contributed by atoms with Gasteiger partial charge in [0.15, 0.2) is 5.78 Å². The minimum Gasteiger partial charge on any atom is -0.341 e. The second-order valence-corrected chi connectivity index (χ2v) is 9.08. The van der Waals surface area contributed by atoms with Gasteiger partial charge in [-0.15, -0.1) is 0 Å².